The Morgan fingerprint density at radius 3 is 2.72 bits per heavy atom. The van der Waals surface area contributed by atoms with Gasteiger partial charge in [0, 0.05) is 29.9 Å². The normalized spacial score (nSPS) is 18.9. The quantitative estimate of drug-likeness (QED) is 0.652. The predicted molar refractivity (Wildman–Crippen MR) is 113 cm³/mol. The summed E-state index contributed by atoms with van der Waals surface area (Å²) in [6, 6.07) is 14.1. The molecule has 4 rings (SSSR count). The molecule has 0 aliphatic carbocycles. The third-order valence-corrected chi connectivity index (χ3v) is 6.02. The van der Waals surface area contributed by atoms with Crippen LogP contribution in [-0.4, -0.2) is 20.8 Å². The first-order valence-electron chi connectivity index (χ1n) is 10.2. The Kier molecular flexibility index (Phi) is 5.58. The maximum absolute atomic E-state index is 12.2. The van der Waals surface area contributed by atoms with Gasteiger partial charge in [-0.1, -0.05) is 19.1 Å². The standard InChI is InChI=1S/C24H27NO4/c1-4-16-7-9-19-17(13-24(26)29-23(19)12-16)15-25-11-5-6-21(25)20-14-18(27-2)8-10-22(20)28-3/h7-10,12-14,21H,4-6,11,15H2,1-3H3/p+1/t21-/m0/s1. The van der Waals surface area contributed by atoms with E-state index in [1.165, 1.54) is 16.0 Å². The molecule has 1 unspecified atom stereocenters. The van der Waals surface area contributed by atoms with Gasteiger partial charge in [0.1, 0.15) is 29.7 Å². The van der Waals surface area contributed by atoms with Crippen LogP contribution in [0.1, 0.15) is 42.5 Å². The van der Waals surface area contributed by atoms with Gasteiger partial charge < -0.3 is 18.8 Å². The lowest BCUT2D eigenvalue weighted by molar-refractivity contribution is -0.931. The van der Waals surface area contributed by atoms with Gasteiger partial charge in [0.15, 0.2) is 0 Å². The van der Waals surface area contributed by atoms with Crippen LogP contribution in [0.15, 0.2) is 51.7 Å². The molecule has 0 spiro atoms. The topological polar surface area (TPSA) is 53.1 Å². The molecule has 152 valence electrons. The number of hydrogen-bond donors (Lipinski definition) is 1. The van der Waals surface area contributed by atoms with E-state index >= 15 is 0 Å². The second-order valence-electron chi connectivity index (χ2n) is 7.66. The van der Waals surface area contributed by atoms with Gasteiger partial charge in [-0.25, -0.2) is 4.79 Å². The SMILES string of the molecule is CCc1ccc2c(C[NH+]3CCC[C@H]3c3cc(OC)ccc3OC)cc(=O)oc2c1. The minimum Gasteiger partial charge on any atom is -0.497 e. The van der Waals surface area contributed by atoms with E-state index in [1.807, 2.05) is 18.2 Å². The van der Waals surface area contributed by atoms with Crippen LogP contribution in [0.5, 0.6) is 11.5 Å². The average Bonchev–Trinajstić information content (AvgIpc) is 3.20. The summed E-state index contributed by atoms with van der Waals surface area (Å²) >= 11 is 0. The summed E-state index contributed by atoms with van der Waals surface area (Å²) in [6.07, 6.45) is 3.14. The van der Waals surface area contributed by atoms with Gasteiger partial charge in [-0.3, -0.25) is 0 Å². The number of hydrogen-bond acceptors (Lipinski definition) is 4. The number of quaternary nitrogens is 1. The number of methoxy groups -OCH3 is 2. The minimum absolute atomic E-state index is 0.283. The summed E-state index contributed by atoms with van der Waals surface area (Å²) in [7, 11) is 3.39. The fraction of sp³-hybridized carbons (Fsp3) is 0.375. The number of nitrogens with one attached hydrogen (secondary N) is 1. The van der Waals surface area contributed by atoms with Crippen LogP contribution in [0.3, 0.4) is 0 Å². The van der Waals surface area contributed by atoms with Crippen molar-refractivity contribution in [2.45, 2.75) is 38.8 Å². The highest BCUT2D eigenvalue weighted by molar-refractivity contribution is 5.80. The fourth-order valence-corrected chi connectivity index (χ4v) is 4.50. The average molecular weight is 394 g/mol. The zero-order valence-corrected chi connectivity index (χ0v) is 17.3. The monoisotopic (exact) mass is 394 g/mol. The van der Waals surface area contributed by atoms with E-state index in [0.29, 0.717) is 11.6 Å². The number of ether oxygens (including phenoxy) is 2. The van der Waals surface area contributed by atoms with Gasteiger partial charge >= 0.3 is 5.63 Å². The second-order valence-corrected chi connectivity index (χ2v) is 7.66. The zero-order chi connectivity index (χ0) is 20.4. The molecule has 29 heavy (non-hydrogen) atoms. The lowest BCUT2D eigenvalue weighted by Gasteiger charge is -2.24. The number of fused-ring (bicyclic) bond motifs is 1. The van der Waals surface area contributed by atoms with Crippen LogP contribution in [0.25, 0.3) is 11.0 Å². The Morgan fingerprint density at radius 1 is 1.10 bits per heavy atom. The van der Waals surface area contributed by atoms with Crippen molar-refractivity contribution in [1.29, 1.82) is 0 Å². The Bertz CT molecular complexity index is 1070. The van der Waals surface area contributed by atoms with E-state index in [2.05, 4.69) is 25.1 Å². The van der Waals surface area contributed by atoms with Gasteiger partial charge in [0.05, 0.1) is 26.3 Å². The molecule has 2 atom stereocenters. The highest BCUT2D eigenvalue weighted by Gasteiger charge is 2.33. The molecular formula is C24H28NO4+. The van der Waals surface area contributed by atoms with Gasteiger partial charge in [-0.05, 0) is 36.2 Å². The smallest absolute Gasteiger partial charge is 0.336 e. The van der Waals surface area contributed by atoms with Crippen molar-refractivity contribution in [2.24, 2.45) is 0 Å². The summed E-state index contributed by atoms with van der Waals surface area (Å²) in [5, 5.41) is 1.03. The molecule has 0 amide bonds. The summed E-state index contributed by atoms with van der Waals surface area (Å²) in [5.41, 5.74) is 3.78. The number of aryl methyl sites for hydroxylation is 1. The molecule has 0 bridgehead atoms. The second kappa shape index (κ2) is 8.29. The highest BCUT2D eigenvalue weighted by Crippen LogP contribution is 2.32. The summed E-state index contributed by atoms with van der Waals surface area (Å²) in [4.78, 5) is 13.6. The molecule has 5 heteroatoms. The molecule has 2 aromatic carbocycles. The van der Waals surface area contributed by atoms with Crippen LogP contribution in [0, 0.1) is 0 Å². The highest BCUT2D eigenvalue weighted by atomic mass is 16.5. The zero-order valence-electron chi connectivity index (χ0n) is 17.3. The van der Waals surface area contributed by atoms with Gasteiger partial charge in [0.25, 0.3) is 0 Å². The summed E-state index contributed by atoms with van der Waals surface area (Å²) < 4.78 is 16.6. The largest absolute Gasteiger partial charge is 0.497 e. The Labute approximate surface area is 170 Å². The van der Waals surface area contributed by atoms with E-state index in [-0.39, 0.29) is 5.63 Å². The van der Waals surface area contributed by atoms with Crippen molar-refractivity contribution in [3.8, 4) is 11.5 Å². The van der Waals surface area contributed by atoms with Crippen LogP contribution < -0.4 is 20.0 Å². The molecule has 1 N–H and O–H groups in total. The Balaban J connectivity index is 1.70. The maximum Gasteiger partial charge on any atom is 0.336 e. The van der Waals surface area contributed by atoms with Crippen LogP contribution in [0.4, 0.5) is 0 Å². The summed E-state index contributed by atoms with van der Waals surface area (Å²) in [6.45, 7) is 3.93. The van der Waals surface area contributed by atoms with E-state index < -0.39 is 0 Å². The van der Waals surface area contributed by atoms with E-state index in [9.17, 15) is 4.79 Å². The van der Waals surface area contributed by atoms with Gasteiger partial charge in [0.2, 0.25) is 0 Å². The predicted octanol–water partition coefficient (Wildman–Crippen LogP) is 3.29. The number of likely N-dealkylation sites (tertiary alicyclic amines) is 1. The molecule has 0 radical (unpaired) electrons. The molecule has 1 fully saturated rings. The van der Waals surface area contributed by atoms with Crippen LogP contribution in [0.2, 0.25) is 0 Å². The maximum atomic E-state index is 12.2. The first-order chi connectivity index (χ1) is 14.1. The Hall–Kier alpha value is -2.79. The molecular weight excluding hydrogens is 366 g/mol. The first kappa shape index (κ1) is 19.5. The van der Waals surface area contributed by atoms with Crippen LogP contribution >= 0.6 is 0 Å². The molecule has 0 saturated carbocycles. The molecule has 1 aromatic heterocycles. The lowest BCUT2D eigenvalue weighted by Crippen LogP contribution is -3.08. The molecule has 2 heterocycles. The van der Waals surface area contributed by atoms with Crippen molar-refractivity contribution in [3.63, 3.8) is 0 Å². The molecule has 5 nitrogen and oxygen atoms in total. The van der Waals surface area contributed by atoms with Gasteiger partial charge in [-0.2, -0.15) is 0 Å². The van der Waals surface area contributed by atoms with E-state index in [0.717, 1.165) is 54.8 Å². The third kappa shape index (κ3) is 3.87. The molecule has 3 aromatic rings. The number of benzene rings is 2. The molecule has 1 aliphatic rings. The van der Waals surface area contributed by atoms with E-state index in [1.54, 1.807) is 20.3 Å². The first-order valence-corrected chi connectivity index (χ1v) is 10.2. The lowest BCUT2D eigenvalue weighted by atomic mass is 10.0. The summed E-state index contributed by atoms with van der Waals surface area (Å²) in [5.74, 6) is 1.73. The van der Waals surface area contributed by atoms with Gasteiger partial charge in [-0.15, -0.1) is 0 Å². The van der Waals surface area contributed by atoms with Crippen molar-refractivity contribution in [3.05, 3.63) is 69.6 Å². The fourth-order valence-electron chi connectivity index (χ4n) is 4.50. The van der Waals surface area contributed by atoms with Crippen molar-refractivity contribution in [1.82, 2.24) is 0 Å². The Morgan fingerprint density at radius 2 is 1.97 bits per heavy atom. The van der Waals surface area contributed by atoms with E-state index in [4.69, 9.17) is 13.9 Å². The van der Waals surface area contributed by atoms with Crippen molar-refractivity contribution < 1.29 is 18.8 Å². The molecule has 1 saturated heterocycles. The molecule has 1 aliphatic heterocycles. The van der Waals surface area contributed by atoms with Crippen molar-refractivity contribution in [2.75, 3.05) is 20.8 Å². The third-order valence-electron chi connectivity index (χ3n) is 6.02. The minimum atomic E-state index is -0.283. The number of rotatable bonds is 6. The van der Waals surface area contributed by atoms with Crippen LogP contribution in [-0.2, 0) is 13.0 Å². The van der Waals surface area contributed by atoms with Crippen molar-refractivity contribution >= 4 is 11.0 Å².